The van der Waals surface area contributed by atoms with Crippen molar-refractivity contribution in [2.75, 3.05) is 0 Å². The number of ether oxygens (including phenoxy) is 1. The fourth-order valence-electron chi connectivity index (χ4n) is 2.07. The van der Waals surface area contributed by atoms with Crippen molar-refractivity contribution in [1.29, 1.82) is 0 Å². The summed E-state index contributed by atoms with van der Waals surface area (Å²) in [5.41, 5.74) is 0.543. The molecule has 18 heavy (non-hydrogen) atoms. The Balaban J connectivity index is 2.06. The van der Waals surface area contributed by atoms with Crippen LogP contribution >= 0.6 is 0 Å². The largest absolute Gasteiger partial charge is 0.459 e. The lowest BCUT2D eigenvalue weighted by Gasteiger charge is -2.31. The quantitative estimate of drug-likeness (QED) is 0.666. The van der Waals surface area contributed by atoms with Gasteiger partial charge in [0.05, 0.1) is 12.5 Å². The van der Waals surface area contributed by atoms with E-state index in [0.717, 1.165) is 0 Å². The molecule has 1 aliphatic rings. The summed E-state index contributed by atoms with van der Waals surface area (Å²) in [7, 11) is 0. The van der Waals surface area contributed by atoms with Gasteiger partial charge in [0, 0.05) is 6.42 Å². The number of esters is 1. The second-order valence-corrected chi connectivity index (χ2v) is 4.47. The molecule has 4 atom stereocenters. The average molecular weight is 252 g/mol. The Kier molecular flexibility index (Phi) is 3.96. The smallest absolute Gasteiger partial charge is 0.308 e. The van der Waals surface area contributed by atoms with Crippen LogP contribution in [-0.4, -0.2) is 39.6 Å². The molecule has 1 aromatic carbocycles. The lowest BCUT2D eigenvalue weighted by molar-refractivity contribution is -0.174. The summed E-state index contributed by atoms with van der Waals surface area (Å²) in [6.45, 7) is 0. The molecule has 0 saturated carbocycles. The highest BCUT2D eigenvalue weighted by Gasteiger charge is 2.36. The van der Waals surface area contributed by atoms with Crippen LogP contribution in [0.1, 0.15) is 24.5 Å². The second kappa shape index (κ2) is 5.48. The van der Waals surface area contributed by atoms with Crippen molar-refractivity contribution < 1.29 is 24.9 Å². The monoisotopic (exact) mass is 252 g/mol. The molecule has 0 amide bonds. The van der Waals surface area contributed by atoms with Gasteiger partial charge in [-0.1, -0.05) is 30.3 Å². The van der Waals surface area contributed by atoms with E-state index < -0.39 is 30.4 Å². The lowest BCUT2D eigenvalue weighted by Crippen LogP contribution is -2.42. The Morgan fingerprint density at radius 2 is 1.89 bits per heavy atom. The van der Waals surface area contributed by atoms with Gasteiger partial charge < -0.3 is 20.1 Å². The van der Waals surface area contributed by atoms with E-state index in [9.17, 15) is 20.1 Å². The third-order valence-electron chi connectivity index (χ3n) is 3.04. The van der Waals surface area contributed by atoms with Gasteiger partial charge in [0.1, 0.15) is 18.3 Å². The SMILES string of the molecule is O=C1C[C@@H](O)C[C@@H]([C@@H](O)[C@@H](O)c2ccccc2)O1. The third-order valence-corrected chi connectivity index (χ3v) is 3.04. The van der Waals surface area contributed by atoms with Crippen LogP contribution in [0.25, 0.3) is 0 Å². The van der Waals surface area contributed by atoms with Gasteiger partial charge in [-0.15, -0.1) is 0 Å². The van der Waals surface area contributed by atoms with E-state index >= 15 is 0 Å². The standard InChI is InChI=1S/C13H16O5/c14-9-6-10(18-11(15)7-9)13(17)12(16)8-4-2-1-3-5-8/h1-5,9-10,12-14,16-17H,6-7H2/t9-,10-,12-,13+/m0/s1. The van der Waals surface area contributed by atoms with Crippen LogP contribution in [0.15, 0.2) is 30.3 Å². The molecule has 5 heteroatoms. The topological polar surface area (TPSA) is 87.0 Å². The molecule has 1 aromatic rings. The fraction of sp³-hybridized carbons (Fsp3) is 0.462. The van der Waals surface area contributed by atoms with Crippen LogP contribution < -0.4 is 0 Å². The number of benzene rings is 1. The molecule has 1 aliphatic heterocycles. The van der Waals surface area contributed by atoms with Gasteiger partial charge in [-0.05, 0) is 5.56 Å². The lowest BCUT2D eigenvalue weighted by atomic mass is 9.94. The van der Waals surface area contributed by atoms with Gasteiger partial charge >= 0.3 is 5.97 Å². The van der Waals surface area contributed by atoms with Gasteiger partial charge in [-0.3, -0.25) is 4.79 Å². The first-order valence-electron chi connectivity index (χ1n) is 5.86. The molecule has 1 saturated heterocycles. The molecule has 0 bridgehead atoms. The second-order valence-electron chi connectivity index (χ2n) is 4.47. The number of carbonyl (C=O) groups is 1. The van der Waals surface area contributed by atoms with Crippen molar-refractivity contribution in [3.8, 4) is 0 Å². The zero-order valence-corrected chi connectivity index (χ0v) is 9.77. The van der Waals surface area contributed by atoms with E-state index in [2.05, 4.69) is 0 Å². The molecular weight excluding hydrogens is 236 g/mol. The number of rotatable bonds is 3. The highest BCUT2D eigenvalue weighted by Crippen LogP contribution is 2.25. The Morgan fingerprint density at radius 1 is 1.22 bits per heavy atom. The molecule has 1 fully saturated rings. The molecular formula is C13H16O5. The van der Waals surface area contributed by atoms with Crippen molar-refractivity contribution in [2.45, 2.75) is 37.3 Å². The maximum absolute atomic E-state index is 11.2. The molecule has 5 nitrogen and oxygen atoms in total. The molecule has 1 heterocycles. The summed E-state index contributed by atoms with van der Waals surface area (Å²) in [6, 6.07) is 8.64. The van der Waals surface area contributed by atoms with Gasteiger partial charge in [0.25, 0.3) is 0 Å². The molecule has 3 N–H and O–H groups in total. The first-order chi connectivity index (χ1) is 8.58. The fourth-order valence-corrected chi connectivity index (χ4v) is 2.07. The average Bonchev–Trinajstić information content (AvgIpc) is 2.37. The number of hydrogen-bond donors (Lipinski definition) is 3. The number of hydrogen-bond acceptors (Lipinski definition) is 5. The maximum atomic E-state index is 11.2. The van der Waals surface area contributed by atoms with Crippen molar-refractivity contribution in [3.05, 3.63) is 35.9 Å². The van der Waals surface area contributed by atoms with Crippen molar-refractivity contribution in [1.82, 2.24) is 0 Å². The number of aliphatic hydroxyl groups excluding tert-OH is 3. The molecule has 0 radical (unpaired) electrons. The zero-order chi connectivity index (χ0) is 13.1. The number of aliphatic hydroxyl groups is 3. The molecule has 0 spiro atoms. The first-order valence-corrected chi connectivity index (χ1v) is 5.86. The van der Waals surface area contributed by atoms with Gasteiger partial charge in [-0.25, -0.2) is 0 Å². The Hall–Kier alpha value is -1.43. The third kappa shape index (κ3) is 2.87. The molecule has 0 aliphatic carbocycles. The minimum Gasteiger partial charge on any atom is -0.459 e. The maximum Gasteiger partial charge on any atom is 0.308 e. The van der Waals surface area contributed by atoms with Crippen molar-refractivity contribution >= 4 is 5.97 Å². The number of carbonyl (C=O) groups excluding carboxylic acids is 1. The van der Waals surface area contributed by atoms with Crippen LogP contribution in [0, 0.1) is 0 Å². The highest BCUT2D eigenvalue weighted by atomic mass is 16.6. The first kappa shape index (κ1) is 13.0. The van der Waals surface area contributed by atoms with Crippen molar-refractivity contribution in [3.63, 3.8) is 0 Å². The highest BCUT2D eigenvalue weighted by molar-refractivity contribution is 5.71. The minimum atomic E-state index is -1.24. The predicted octanol–water partition coefficient (Wildman–Crippen LogP) is 0.147. The van der Waals surface area contributed by atoms with Crippen LogP contribution in [0.5, 0.6) is 0 Å². The minimum absolute atomic E-state index is 0.0648. The van der Waals surface area contributed by atoms with Crippen molar-refractivity contribution in [2.24, 2.45) is 0 Å². The van der Waals surface area contributed by atoms with E-state index in [-0.39, 0.29) is 12.8 Å². The molecule has 98 valence electrons. The van der Waals surface area contributed by atoms with Crippen LogP contribution in [0.4, 0.5) is 0 Å². The van der Waals surface area contributed by atoms with Crippen LogP contribution in [0.2, 0.25) is 0 Å². The van der Waals surface area contributed by atoms with E-state index in [1.165, 1.54) is 0 Å². The summed E-state index contributed by atoms with van der Waals surface area (Å²) in [6.07, 6.45) is -4.02. The number of cyclic esters (lactones) is 1. The summed E-state index contributed by atoms with van der Waals surface area (Å²) in [4.78, 5) is 11.2. The molecule has 0 unspecified atom stereocenters. The van der Waals surface area contributed by atoms with Gasteiger partial charge in [-0.2, -0.15) is 0 Å². The summed E-state index contributed by atoms with van der Waals surface area (Å²) in [5.74, 6) is -0.557. The van der Waals surface area contributed by atoms with E-state index in [4.69, 9.17) is 4.74 Å². The molecule has 2 rings (SSSR count). The Labute approximate surface area is 105 Å². The van der Waals surface area contributed by atoms with E-state index in [1.807, 2.05) is 0 Å². The van der Waals surface area contributed by atoms with Gasteiger partial charge in [0.2, 0.25) is 0 Å². The Bertz CT molecular complexity index is 405. The van der Waals surface area contributed by atoms with Gasteiger partial charge in [0.15, 0.2) is 0 Å². The van der Waals surface area contributed by atoms with E-state index in [0.29, 0.717) is 5.56 Å². The summed E-state index contributed by atoms with van der Waals surface area (Å²) < 4.78 is 4.95. The molecule has 0 aromatic heterocycles. The zero-order valence-electron chi connectivity index (χ0n) is 9.77. The van der Waals surface area contributed by atoms with Crippen LogP contribution in [-0.2, 0) is 9.53 Å². The summed E-state index contributed by atoms with van der Waals surface area (Å²) in [5, 5.41) is 29.4. The predicted molar refractivity (Wildman–Crippen MR) is 62.5 cm³/mol. The normalized spacial score (nSPS) is 27.4. The Morgan fingerprint density at radius 3 is 2.50 bits per heavy atom. The van der Waals surface area contributed by atoms with E-state index in [1.54, 1.807) is 30.3 Å². The summed E-state index contributed by atoms with van der Waals surface area (Å²) >= 11 is 0. The van der Waals surface area contributed by atoms with Crippen LogP contribution in [0.3, 0.4) is 0 Å².